The lowest BCUT2D eigenvalue weighted by molar-refractivity contribution is -0.135. The average Bonchev–Trinajstić information content (AvgIpc) is 3.44. The lowest BCUT2D eigenvalue weighted by Gasteiger charge is -2.37. The molecule has 4 rings (SSSR count). The Balaban J connectivity index is 1.53. The molecule has 2 amide bonds. The second kappa shape index (κ2) is 13.3. The number of thiophene rings is 1. The van der Waals surface area contributed by atoms with Gasteiger partial charge in [-0.1, -0.05) is 12.1 Å². The molecule has 38 heavy (non-hydrogen) atoms. The molecule has 1 atom stereocenters. The Kier molecular flexibility index (Phi) is 9.62. The van der Waals surface area contributed by atoms with Gasteiger partial charge in [-0.05, 0) is 66.2 Å². The van der Waals surface area contributed by atoms with Crippen molar-refractivity contribution >= 4 is 23.2 Å². The third-order valence-corrected chi connectivity index (χ3v) is 7.60. The first-order valence-corrected chi connectivity index (χ1v) is 13.5. The van der Waals surface area contributed by atoms with Crippen LogP contribution in [0.1, 0.15) is 33.3 Å². The standard InChI is InChI=1S/C29H34N2O6S/c1-34-17-6-15-30(29(33)21-9-11-22(35-2)12-10-21)19-28(32)31-16-13-27-23(14-18-38-27)24(31)20-37-26-8-5-4-7-25(26)36-3/h4-5,7-12,14,18,24H,6,13,15-17,19-20H2,1-3H3/t24-/m1/s1. The molecular weight excluding hydrogens is 504 g/mol. The van der Waals surface area contributed by atoms with Crippen LogP contribution < -0.4 is 14.2 Å². The van der Waals surface area contributed by atoms with Crippen LogP contribution in [0.4, 0.5) is 0 Å². The Bertz CT molecular complexity index is 1210. The van der Waals surface area contributed by atoms with Crippen LogP contribution >= 0.6 is 11.3 Å². The van der Waals surface area contributed by atoms with E-state index in [1.807, 2.05) is 29.2 Å². The lowest BCUT2D eigenvalue weighted by Crippen LogP contribution is -2.48. The van der Waals surface area contributed by atoms with E-state index in [9.17, 15) is 9.59 Å². The Hall–Kier alpha value is -3.56. The number of nitrogens with zero attached hydrogens (tertiary/aromatic N) is 2. The van der Waals surface area contributed by atoms with E-state index >= 15 is 0 Å². The van der Waals surface area contributed by atoms with E-state index in [-0.39, 0.29) is 31.0 Å². The van der Waals surface area contributed by atoms with Crippen LogP contribution in [-0.4, -0.2) is 75.8 Å². The first kappa shape index (κ1) is 27.5. The molecule has 1 aromatic heterocycles. The Morgan fingerprint density at radius 2 is 1.76 bits per heavy atom. The number of rotatable bonds is 12. The summed E-state index contributed by atoms with van der Waals surface area (Å²) in [7, 11) is 4.81. The molecule has 0 spiro atoms. The summed E-state index contributed by atoms with van der Waals surface area (Å²) >= 11 is 1.70. The molecule has 0 saturated carbocycles. The maximum absolute atomic E-state index is 13.8. The zero-order valence-corrected chi connectivity index (χ0v) is 22.9. The summed E-state index contributed by atoms with van der Waals surface area (Å²) < 4.78 is 22.0. The topological polar surface area (TPSA) is 77.5 Å². The Labute approximate surface area is 227 Å². The highest BCUT2D eigenvalue weighted by atomic mass is 32.1. The quantitative estimate of drug-likeness (QED) is 0.317. The van der Waals surface area contributed by atoms with Gasteiger partial charge in [0, 0.05) is 37.2 Å². The highest BCUT2D eigenvalue weighted by Gasteiger charge is 2.33. The molecular formula is C29H34N2O6S. The molecule has 8 nitrogen and oxygen atoms in total. The van der Waals surface area contributed by atoms with Gasteiger partial charge in [0.05, 0.1) is 20.3 Å². The summed E-state index contributed by atoms with van der Waals surface area (Å²) in [6.07, 6.45) is 1.40. The van der Waals surface area contributed by atoms with Gasteiger partial charge < -0.3 is 28.7 Å². The highest BCUT2D eigenvalue weighted by molar-refractivity contribution is 7.10. The zero-order valence-electron chi connectivity index (χ0n) is 22.1. The van der Waals surface area contributed by atoms with Crippen LogP contribution in [0, 0.1) is 0 Å². The van der Waals surface area contributed by atoms with Crippen molar-refractivity contribution in [3.63, 3.8) is 0 Å². The van der Waals surface area contributed by atoms with Gasteiger partial charge in [0.25, 0.3) is 5.91 Å². The summed E-state index contributed by atoms with van der Waals surface area (Å²) in [6.45, 7) is 1.72. The van der Waals surface area contributed by atoms with E-state index in [0.29, 0.717) is 48.9 Å². The van der Waals surface area contributed by atoms with Gasteiger partial charge in [0.1, 0.15) is 18.9 Å². The summed E-state index contributed by atoms with van der Waals surface area (Å²) in [5, 5.41) is 2.05. The molecule has 0 N–H and O–H groups in total. The molecule has 2 aromatic carbocycles. The van der Waals surface area contributed by atoms with Crippen LogP contribution in [0.2, 0.25) is 0 Å². The van der Waals surface area contributed by atoms with E-state index in [1.165, 1.54) is 4.88 Å². The number of hydrogen-bond acceptors (Lipinski definition) is 7. The van der Waals surface area contributed by atoms with Crippen molar-refractivity contribution in [1.29, 1.82) is 0 Å². The number of hydrogen-bond donors (Lipinski definition) is 0. The summed E-state index contributed by atoms with van der Waals surface area (Å²) in [6, 6.07) is 16.2. The molecule has 2 heterocycles. The summed E-state index contributed by atoms with van der Waals surface area (Å²) in [5.74, 6) is 1.62. The Morgan fingerprint density at radius 1 is 1.00 bits per heavy atom. The van der Waals surface area contributed by atoms with E-state index in [0.717, 1.165) is 12.0 Å². The molecule has 0 aliphatic carbocycles. The minimum atomic E-state index is -0.265. The van der Waals surface area contributed by atoms with E-state index in [1.54, 1.807) is 61.8 Å². The number of ether oxygens (including phenoxy) is 4. The van der Waals surface area contributed by atoms with E-state index in [4.69, 9.17) is 18.9 Å². The first-order valence-electron chi connectivity index (χ1n) is 12.6. The predicted molar refractivity (Wildman–Crippen MR) is 146 cm³/mol. The fourth-order valence-electron chi connectivity index (χ4n) is 4.60. The fourth-order valence-corrected chi connectivity index (χ4v) is 5.53. The number of methoxy groups -OCH3 is 3. The first-order chi connectivity index (χ1) is 18.5. The van der Waals surface area contributed by atoms with Gasteiger partial charge in [0.15, 0.2) is 11.5 Å². The number of carbonyl (C=O) groups is 2. The molecule has 9 heteroatoms. The summed E-state index contributed by atoms with van der Waals surface area (Å²) in [5.41, 5.74) is 1.60. The van der Waals surface area contributed by atoms with E-state index in [2.05, 4.69) is 11.4 Å². The third kappa shape index (κ3) is 6.46. The number of para-hydroxylation sites is 2. The number of fused-ring (bicyclic) bond motifs is 1. The highest BCUT2D eigenvalue weighted by Crippen LogP contribution is 2.35. The van der Waals surface area contributed by atoms with Crippen LogP contribution in [0.3, 0.4) is 0 Å². The van der Waals surface area contributed by atoms with Crippen molar-refractivity contribution in [3.05, 3.63) is 76.0 Å². The van der Waals surface area contributed by atoms with Gasteiger partial charge in [-0.3, -0.25) is 9.59 Å². The van der Waals surface area contributed by atoms with Crippen molar-refractivity contribution in [2.24, 2.45) is 0 Å². The maximum Gasteiger partial charge on any atom is 0.254 e. The molecule has 0 unspecified atom stereocenters. The molecule has 3 aromatic rings. The maximum atomic E-state index is 13.8. The Morgan fingerprint density at radius 3 is 2.47 bits per heavy atom. The second-order valence-electron chi connectivity index (χ2n) is 8.92. The van der Waals surface area contributed by atoms with E-state index < -0.39 is 0 Å². The number of carbonyl (C=O) groups excluding carboxylic acids is 2. The normalized spacial score (nSPS) is 14.5. The molecule has 0 fully saturated rings. The minimum Gasteiger partial charge on any atom is -0.497 e. The van der Waals surface area contributed by atoms with Crippen LogP contribution in [0.15, 0.2) is 60.0 Å². The lowest BCUT2D eigenvalue weighted by atomic mass is 10.00. The van der Waals surface area contributed by atoms with Gasteiger partial charge in [0.2, 0.25) is 5.91 Å². The van der Waals surface area contributed by atoms with Crippen molar-refractivity contribution in [1.82, 2.24) is 9.80 Å². The van der Waals surface area contributed by atoms with Crippen LogP contribution in [0.5, 0.6) is 17.2 Å². The smallest absolute Gasteiger partial charge is 0.254 e. The number of benzene rings is 2. The molecule has 1 aliphatic heterocycles. The molecule has 202 valence electrons. The molecule has 0 radical (unpaired) electrons. The zero-order chi connectivity index (χ0) is 26.9. The van der Waals surface area contributed by atoms with Crippen LogP contribution in [0.25, 0.3) is 0 Å². The van der Waals surface area contributed by atoms with Crippen molar-refractivity contribution in [2.75, 3.05) is 54.2 Å². The summed E-state index contributed by atoms with van der Waals surface area (Å²) in [4.78, 5) is 31.9. The van der Waals surface area contributed by atoms with Crippen molar-refractivity contribution < 1.29 is 28.5 Å². The van der Waals surface area contributed by atoms with Gasteiger partial charge in [-0.2, -0.15) is 0 Å². The van der Waals surface area contributed by atoms with Gasteiger partial charge >= 0.3 is 0 Å². The van der Waals surface area contributed by atoms with Crippen LogP contribution in [-0.2, 0) is 16.0 Å². The predicted octanol–water partition coefficient (Wildman–Crippen LogP) is 4.45. The fraction of sp³-hybridized carbons (Fsp3) is 0.379. The van der Waals surface area contributed by atoms with Gasteiger partial charge in [-0.25, -0.2) is 0 Å². The number of amides is 2. The third-order valence-electron chi connectivity index (χ3n) is 6.61. The van der Waals surface area contributed by atoms with Gasteiger partial charge in [-0.15, -0.1) is 11.3 Å². The molecule has 0 saturated heterocycles. The SMILES string of the molecule is COCCCN(CC(=O)N1CCc2sccc2[C@H]1COc1ccccc1OC)C(=O)c1ccc(OC)cc1. The monoisotopic (exact) mass is 538 g/mol. The average molecular weight is 539 g/mol. The minimum absolute atomic E-state index is 0.0286. The molecule has 1 aliphatic rings. The van der Waals surface area contributed by atoms with Crippen molar-refractivity contribution in [3.8, 4) is 17.2 Å². The second-order valence-corrected chi connectivity index (χ2v) is 9.92. The largest absolute Gasteiger partial charge is 0.497 e. The van der Waals surface area contributed by atoms with Crippen molar-refractivity contribution in [2.45, 2.75) is 18.9 Å². The molecule has 0 bridgehead atoms.